The summed E-state index contributed by atoms with van der Waals surface area (Å²) >= 11 is 0. The largest absolute Gasteiger partial charge is 0.494 e. The van der Waals surface area contributed by atoms with Crippen molar-refractivity contribution in [3.63, 3.8) is 0 Å². The summed E-state index contributed by atoms with van der Waals surface area (Å²) in [6.07, 6.45) is 3.60. The molecule has 0 spiro atoms. The summed E-state index contributed by atoms with van der Waals surface area (Å²) in [6.45, 7) is 2.56. The number of nitrogens with one attached hydrogen (secondary N) is 2. The number of amides is 1. The van der Waals surface area contributed by atoms with Crippen molar-refractivity contribution >= 4 is 27.4 Å². The number of hydrogen-bond donors (Lipinski definition) is 2. The second-order valence-corrected chi connectivity index (χ2v) is 8.06. The Labute approximate surface area is 180 Å². The average Bonchev–Trinajstić information content (AvgIpc) is 2.78. The summed E-state index contributed by atoms with van der Waals surface area (Å²) in [6, 6.07) is 12.6. The summed E-state index contributed by atoms with van der Waals surface area (Å²) in [5.41, 5.74) is 0.877. The van der Waals surface area contributed by atoms with E-state index >= 15 is 0 Å². The molecule has 2 aromatic carbocycles. The molecule has 0 saturated carbocycles. The number of anilines is 2. The zero-order valence-electron chi connectivity index (χ0n) is 17.0. The first-order chi connectivity index (χ1) is 14.9. The van der Waals surface area contributed by atoms with E-state index in [9.17, 15) is 13.2 Å². The van der Waals surface area contributed by atoms with Gasteiger partial charge in [-0.1, -0.05) is 13.0 Å². The number of hydrogen-bond acceptors (Lipinski definition) is 7. The minimum atomic E-state index is -3.92. The molecule has 0 unspecified atom stereocenters. The van der Waals surface area contributed by atoms with E-state index in [0.29, 0.717) is 23.6 Å². The Balaban J connectivity index is 1.70. The van der Waals surface area contributed by atoms with Crippen molar-refractivity contribution < 1.29 is 22.7 Å². The van der Waals surface area contributed by atoms with Crippen LogP contribution in [-0.2, 0) is 10.0 Å². The molecule has 31 heavy (non-hydrogen) atoms. The van der Waals surface area contributed by atoms with Gasteiger partial charge < -0.3 is 14.8 Å². The predicted octanol–water partition coefficient (Wildman–Crippen LogP) is 3.33. The fourth-order valence-electron chi connectivity index (χ4n) is 2.60. The number of carbonyl (C=O) groups excluding carboxylic acids is 1. The van der Waals surface area contributed by atoms with Crippen LogP contribution in [0, 0.1) is 0 Å². The molecular formula is C21H22N4O5S. The van der Waals surface area contributed by atoms with Crippen LogP contribution in [0.25, 0.3) is 0 Å². The lowest BCUT2D eigenvalue weighted by molar-refractivity contribution is 0.102. The van der Waals surface area contributed by atoms with Crippen LogP contribution in [0.5, 0.6) is 11.6 Å². The summed E-state index contributed by atoms with van der Waals surface area (Å²) in [5.74, 6) is 0.314. The number of nitrogens with zero attached hydrogens (tertiary/aromatic N) is 2. The van der Waals surface area contributed by atoms with Crippen molar-refractivity contribution in [1.29, 1.82) is 0 Å². The molecule has 0 aliphatic heterocycles. The van der Waals surface area contributed by atoms with Gasteiger partial charge in [0.05, 0.1) is 18.6 Å². The molecule has 162 valence electrons. The summed E-state index contributed by atoms with van der Waals surface area (Å²) in [4.78, 5) is 20.3. The molecule has 1 amide bonds. The van der Waals surface area contributed by atoms with E-state index in [-0.39, 0.29) is 22.5 Å². The van der Waals surface area contributed by atoms with Crippen LogP contribution in [0.3, 0.4) is 0 Å². The lowest BCUT2D eigenvalue weighted by Crippen LogP contribution is -2.15. The van der Waals surface area contributed by atoms with E-state index in [1.165, 1.54) is 43.8 Å². The maximum atomic E-state index is 12.6. The number of ether oxygens (including phenoxy) is 2. The first-order valence-corrected chi connectivity index (χ1v) is 10.9. The zero-order chi connectivity index (χ0) is 22.3. The maximum absolute atomic E-state index is 12.6. The molecule has 10 heteroatoms. The van der Waals surface area contributed by atoms with Gasteiger partial charge in [0.15, 0.2) is 0 Å². The Bertz CT molecular complexity index is 1150. The van der Waals surface area contributed by atoms with Gasteiger partial charge in [0.25, 0.3) is 21.8 Å². The molecule has 3 aromatic rings. The topological polar surface area (TPSA) is 120 Å². The van der Waals surface area contributed by atoms with Crippen molar-refractivity contribution in [2.45, 2.75) is 18.2 Å². The molecule has 0 aliphatic carbocycles. The molecule has 0 saturated heterocycles. The van der Waals surface area contributed by atoms with E-state index in [2.05, 4.69) is 20.0 Å². The van der Waals surface area contributed by atoms with Gasteiger partial charge in [0.2, 0.25) is 5.82 Å². The fourth-order valence-corrected chi connectivity index (χ4v) is 3.61. The first kappa shape index (κ1) is 22.0. The van der Waals surface area contributed by atoms with Gasteiger partial charge in [-0.15, -0.1) is 0 Å². The molecule has 3 rings (SSSR count). The summed E-state index contributed by atoms with van der Waals surface area (Å²) < 4.78 is 38.1. The first-order valence-electron chi connectivity index (χ1n) is 9.45. The van der Waals surface area contributed by atoms with Crippen LogP contribution >= 0.6 is 0 Å². The molecular weight excluding hydrogens is 420 g/mol. The Kier molecular flexibility index (Phi) is 7.03. The Morgan fingerprint density at radius 1 is 1.06 bits per heavy atom. The van der Waals surface area contributed by atoms with Crippen molar-refractivity contribution in [2.24, 2.45) is 0 Å². The minimum absolute atomic E-state index is 0.00633. The molecule has 9 nitrogen and oxygen atoms in total. The molecule has 2 N–H and O–H groups in total. The smallest absolute Gasteiger partial charge is 0.263 e. The Hall–Kier alpha value is -3.66. The number of methoxy groups -OCH3 is 1. The lowest BCUT2D eigenvalue weighted by Gasteiger charge is -2.11. The van der Waals surface area contributed by atoms with E-state index in [4.69, 9.17) is 9.47 Å². The van der Waals surface area contributed by atoms with Crippen LogP contribution in [0.1, 0.15) is 23.7 Å². The number of rotatable bonds is 9. The highest BCUT2D eigenvalue weighted by Gasteiger charge is 2.18. The van der Waals surface area contributed by atoms with E-state index < -0.39 is 10.0 Å². The standard InChI is InChI=1S/C21H22N4O5S/c1-3-13-30-17-6-4-5-15(14-17)20(26)24-16-7-9-18(10-8-16)31(27,28)25-19-21(29-2)23-12-11-22-19/h4-12,14H,3,13H2,1-2H3,(H,22,25)(H,24,26). The van der Waals surface area contributed by atoms with E-state index in [1.807, 2.05) is 6.92 Å². The quantitative estimate of drug-likeness (QED) is 0.522. The van der Waals surface area contributed by atoms with E-state index in [1.54, 1.807) is 24.3 Å². The van der Waals surface area contributed by atoms with Gasteiger partial charge in [-0.2, -0.15) is 0 Å². The molecule has 0 fully saturated rings. The maximum Gasteiger partial charge on any atom is 0.263 e. The number of aromatic nitrogens is 2. The van der Waals surface area contributed by atoms with Crippen LogP contribution in [0.2, 0.25) is 0 Å². The third-order valence-corrected chi connectivity index (χ3v) is 5.44. The predicted molar refractivity (Wildman–Crippen MR) is 116 cm³/mol. The highest BCUT2D eigenvalue weighted by atomic mass is 32.2. The van der Waals surface area contributed by atoms with Crippen molar-refractivity contribution in [3.8, 4) is 11.6 Å². The minimum Gasteiger partial charge on any atom is -0.494 e. The van der Waals surface area contributed by atoms with Crippen molar-refractivity contribution in [1.82, 2.24) is 9.97 Å². The second-order valence-electron chi connectivity index (χ2n) is 6.37. The van der Waals surface area contributed by atoms with Crippen LogP contribution in [0.4, 0.5) is 11.5 Å². The SMILES string of the molecule is CCCOc1cccc(C(=O)Nc2ccc(S(=O)(=O)Nc3nccnc3OC)cc2)c1. The van der Waals surface area contributed by atoms with Crippen molar-refractivity contribution in [2.75, 3.05) is 23.8 Å². The fraction of sp³-hybridized carbons (Fsp3) is 0.190. The molecule has 0 aliphatic rings. The monoisotopic (exact) mass is 442 g/mol. The third kappa shape index (κ3) is 5.70. The highest BCUT2D eigenvalue weighted by molar-refractivity contribution is 7.92. The van der Waals surface area contributed by atoms with Crippen LogP contribution in [-0.4, -0.2) is 38.0 Å². The van der Waals surface area contributed by atoms with Crippen molar-refractivity contribution in [3.05, 3.63) is 66.5 Å². The average molecular weight is 442 g/mol. The molecule has 0 atom stereocenters. The number of sulfonamides is 1. The molecule has 0 radical (unpaired) electrons. The van der Waals surface area contributed by atoms with Crippen LogP contribution in [0.15, 0.2) is 65.8 Å². The molecule has 1 aromatic heterocycles. The Morgan fingerprint density at radius 2 is 1.81 bits per heavy atom. The van der Waals surface area contributed by atoms with Gasteiger partial charge >= 0.3 is 0 Å². The number of carbonyl (C=O) groups is 1. The lowest BCUT2D eigenvalue weighted by atomic mass is 10.2. The molecule has 1 heterocycles. The number of benzene rings is 2. The summed E-state index contributed by atoms with van der Waals surface area (Å²) in [5, 5.41) is 2.74. The second kappa shape index (κ2) is 9.90. The third-order valence-electron chi connectivity index (χ3n) is 4.08. The van der Waals surface area contributed by atoms with Crippen LogP contribution < -0.4 is 19.5 Å². The van der Waals surface area contributed by atoms with Gasteiger partial charge in [-0.05, 0) is 48.9 Å². The van der Waals surface area contributed by atoms with E-state index in [0.717, 1.165) is 6.42 Å². The normalized spacial score (nSPS) is 10.9. The van der Waals surface area contributed by atoms with Gasteiger partial charge in [-0.3, -0.25) is 9.52 Å². The van der Waals surface area contributed by atoms with Gasteiger partial charge in [-0.25, -0.2) is 18.4 Å². The van der Waals surface area contributed by atoms with Gasteiger partial charge in [0.1, 0.15) is 5.75 Å². The Morgan fingerprint density at radius 3 is 2.52 bits per heavy atom. The van der Waals surface area contributed by atoms with Gasteiger partial charge in [0, 0.05) is 23.6 Å². The highest BCUT2D eigenvalue weighted by Crippen LogP contribution is 2.22. The zero-order valence-corrected chi connectivity index (χ0v) is 17.8. The molecule has 0 bridgehead atoms. The summed E-state index contributed by atoms with van der Waals surface area (Å²) in [7, 11) is -2.55.